The van der Waals surface area contributed by atoms with E-state index in [2.05, 4.69) is 21.0 Å². The minimum Gasteiger partial charge on any atom is -0.246 e. The van der Waals surface area contributed by atoms with Crippen molar-refractivity contribution in [2.45, 2.75) is 24.6 Å². The molecule has 1 aliphatic heterocycles. The average molecular weight is 229 g/mol. The van der Waals surface area contributed by atoms with Crippen molar-refractivity contribution in [2.75, 3.05) is 0 Å². The van der Waals surface area contributed by atoms with E-state index in [9.17, 15) is 0 Å². The number of aromatic nitrogens is 3. The zero-order valence-electron chi connectivity index (χ0n) is 9.19. The van der Waals surface area contributed by atoms with Crippen molar-refractivity contribution in [1.29, 1.82) is 0 Å². The van der Waals surface area contributed by atoms with E-state index in [4.69, 9.17) is 0 Å². The molecule has 4 heteroatoms. The molecule has 3 nitrogen and oxygen atoms in total. The van der Waals surface area contributed by atoms with Gasteiger partial charge in [-0.05, 0) is 26.0 Å². The van der Waals surface area contributed by atoms with Crippen LogP contribution in [0.5, 0.6) is 0 Å². The van der Waals surface area contributed by atoms with Crippen molar-refractivity contribution in [3.8, 4) is 11.3 Å². The minimum absolute atomic E-state index is 0.817. The Balaban J connectivity index is 2.25. The summed E-state index contributed by atoms with van der Waals surface area (Å²) in [6, 6.07) is 4.14. The molecule has 0 spiro atoms. The summed E-state index contributed by atoms with van der Waals surface area (Å²) in [5.74, 6) is 1.73. The van der Waals surface area contributed by atoms with Crippen molar-refractivity contribution in [1.82, 2.24) is 15.0 Å². The molecule has 0 aliphatic carbocycles. The molecule has 0 saturated heterocycles. The average Bonchev–Trinajstić information content (AvgIpc) is 2.28. The van der Waals surface area contributed by atoms with Gasteiger partial charge in [-0.25, -0.2) is 15.0 Å². The lowest BCUT2D eigenvalue weighted by molar-refractivity contribution is 0.994. The van der Waals surface area contributed by atoms with Crippen LogP contribution in [-0.4, -0.2) is 15.0 Å². The summed E-state index contributed by atoms with van der Waals surface area (Å²) in [6.45, 7) is 3.94. The van der Waals surface area contributed by atoms with Gasteiger partial charge >= 0.3 is 0 Å². The summed E-state index contributed by atoms with van der Waals surface area (Å²) in [5, 5.41) is 1.09. The van der Waals surface area contributed by atoms with Crippen LogP contribution >= 0.6 is 11.8 Å². The van der Waals surface area contributed by atoms with Crippen LogP contribution in [0.1, 0.15) is 17.1 Å². The number of fused-ring (bicyclic) bond motifs is 3. The topological polar surface area (TPSA) is 38.7 Å². The number of rotatable bonds is 0. The zero-order valence-corrected chi connectivity index (χ0v) is 10.0. The first-order valence-corrected chi connectivity index (χ1v) is 6.16. The molecule has 0 aromatic carbocycles. The first kappa shape index (κ1) is 9.78. The van der Waals surface area contributed by atoms with Crippen LogP contribution in [-0.2, 0) is 5.75 Å². The lowest BCUT2D eigenvalue weighted by Crippen LogP contribution is -2.03. The molecule has 2 aromatic heterocycles. The number of nitrogens with zero attached hydrogens (tertiary/aromatic N) is 3. The Morgan fingerprint density at radius 2 is 2.06 bits per heavy atom. The molecule has 0 saturated carbocycles. The first-order chi connectivity index (χ1) is 7.74. The minimum atomic E-state index is 0.817. The fourth-order valence-corrected chi connectivity index (χ4v) is 2.84. The maximum atomic E-state index is 4.54. The molecule has 16 heavy (non-hydrogen) atoms. The largest absolute Gasteiger partial charge is 0.246 e. The second-order valence-electron chi connectivity index (χ2n) is 3.89. The van der Waals surface area contributed by atoms with Gasteiger partial charge in [-0.3, -0.25) is 0 Å². The van der Waals surface area contributed by atoms with Crippen molar-refractivity contribution in [2.24, 2.45) is 0 Å². The van der Waals surface area contributed by atoms with E-state index in [0.29, 0.717) is 0 Å². The Bertz CT molecular complexity index is 566. The third-order valence-corrected chi connectivity index (χ3v) is 3.64. The van der Waals surface area contributed by atoms with Crippen LogP contribution in [0.4, 0.5) is 0 Å². The number of hydrogen-bond acceptors (Lipinski definition) is 4. The standard InChI is InChI=1S/C12H11N3S/c1-7-3-4-10-11-9(5-13-8(2)15-11)6-16-12(10)14-7/h3-5H,6H2,1-2H3. The molecule has 0 bridgehead atoms. The van der Waals surface area contributed by atoms with E-state index in [-0.39, 0.29) is 0 Å². The van der Waals surface area contributed by atoms with Crippen LogP contribution in [0, 0.1) is 13.8 Å². The van der Waals surface area contributed by atoms with Crippen molar-refractivity contribution >= 4 is 11.8 Å². The Morgan fingerprint density at radius 1 is 1.19 bits per heavy atom. The molecule has 0 unspecified atom stereocenters. The molecule has 0 fully saturated rings. The van der Waals surface area contributed by atoms with E-state index in [1.165, 1.54) is 5.56 Å². The fraction of sp³-hybridized carbons (Fsp3) is 0.250. The molecule has 0 radical (unpaired) electrons. The second kappa shape index (κ2) is 3.56. The quantitative estimate of drug-likeness (QED) is 0.696. The molecule has 2 aromatic rings. The van der Waals surface area contributed by atoms with Crippen LogP contribution in [0.15, 0.2) is 23.4 Å². The van der Waals surface area contributed by atoms with Gasteiger partial charge in [0.2, 0.25) is 0 Å². The van der Waals surface area contributed by atoms with Gasteiger partial charge in [-0.1, -0.05) is 0 Å². The summed E-state index contributed by atoms with van der Waals surface area (Å²) in [4.78, 5) is 13.3. The molecule has 3 heterocycles. The van der Waals surface area contributed by atoms with Gasteiger partial charge in [-0.15, -0.1) is 11.8 Å². The predicted molar refractivity (Wildman–Crippen MR) is 64.3 cm³/mol. The second-order valence-corrected chi connectivity index (χ2v) is 4.85. The van der Waals surface area contributed by atoms with Crippen LogP contribution in [0.2, 0.25) is 0 Å². The van der Waals surface area contributed by atoms with Gasteiger partial charge in [0.25, 0.3) is 0 Å². The highest BCUT2D eigenvalue weighted by Crippen LogP contribution is 2.38. The van der Waals surface area contributed by atoms with Gasteiger partial charge in [0.05, 0.1) is 5.69 Å². The number of hydrogen-bond donors (Lipinski definition) is 0. The monoisotopic (exact) mass is 229 g/mol. The molecule has 0 atom stereocenters. The maximum Gasteiger partial charge on any atom is 0.125 e. The van der Waals surface area contributed by atoms with Crippen molar-refractivity contribution < 1.29 is 0 Å². The van der Waals surface area contributed by atoms with Crippen molar-refractivity contribution in [3.05, 3.63) is 35.4 Å². The maximum absolute atomic E-state index is 4.54. The Kier molecular flexibility index (Phi) is 2.17. The van der Waals surface area contributed by atoms with Gasteiger partial charge < -0.3 is 0 Å². The summed E-state index contributed by atoms with van der Waals surface area (Å²) in [6.07, 6.45) is 1.92. The Hall–Kier alpha value is -1.42. The van der Waals surface area contributed by atoms with Gasteiger partial charge in [-0.2, -0.15) is 0 Å². The lowest BCUT2D eigenvalue weighted by Gasteiger charge is -2.17. The van der Waals surface area contributed by atoms with Crippen molar-refractivity contribution in [3.63, 3.8) is 0 Å². The normalized spacial score (nSPS) is 13.1. The molecule has 0 N–H and O–H groups in total. The van der Waals surface area contributed by atoms with E-state index in [0.717, 1.165) is 33.6 Å². The Morgan fingerprint density at radius 3 is 2.94 bits per heavy atom. The molecular formula is C12H11N3S. The lowest BCUT2D eigenvalue weighted by atomic mass is 10.1. The fourth-order valence-electron chi connectivity index (χ4n) is 1.80. The third kappa shape index (κ3) is 1.50. The van der Waals surface area contributed by atoms with Crippen LogP contribution in [0.3, 0.4) is 0 Å². The van der Waals surface area contributed by atoms with Gasteiger partial charge in [0.15, 0.2) is 0 Å². The molecule has 80 valence electrons. The first-order valence-electron chi connectivity index (χ1n) is 5.17. The van der Waals surface area contributed by atoms with Crippen LogP contribution < -0.4 is 0 Å². The van der Waals surface area contributed by atoms with E-state index in [1.807, 2.05) is 26.1 Å². The third-order valence-electron chi connectivity index (χ3n) is 2.60. The smallest absolute Gasteiger partial charge is 0.125 e. The highest BCUT2D eigenvalue weighted by Gasteiger charge is 2.19. The molecule has 3 rings (SSSR count). The van der Waals surface area contributed by atoms with E-state index in [1.54, 1.807) is 11.8 Å². The summed E-state index contributed by atoms with van der Waals surface area (Å²) in [7, 11) is 0. The number of pyridine rings is 1. The summed E-state index contributed by atoms with van der Waals surface area (Å²) >= 11 is 1.76. The molecule has 1 aliphatic rings. The van der Waals surface area contributed by atoms with E-state index < -0.39 is 0 Å². The molecular weight excluding hydrogens is 218 g/mol. The molecule has 0 amide bonds. The predicted octanol–water partition coefficient (Wildman–Crippen LogP) is 2.76. The number of thioether (sulfide) groups is 1. The number of aryl methyl sites for hydroxylation is 2. The highest BCUT2D eigenvalue weighted by molar-refractivity contribution is 7.98. The summed E-state index contributed by atoms with van der Waals surface area (Å²) in [5.41, 5.74) is 4.45. The van der Waals surface area contributed by atoms with Gasteiger partial charge in [0.1, 0.15) is 10.9 Å². The Labute approximate surface area is 98.4 Å². The van der Waals surface area contributed by atoms with Crippen LogP contribution in [0.25, 0.3) is 11.3 Å². The van der Waals surface area contributed by atoms with Gasteiger partial charge in [0, 0.05) is 28.8 Å². The zero-order chi connectivity index (χ0) is 11.1. The SMILES string of the molecule is Cc1ccc2c(n1)SCc1cnc(C)nc1-2. The van der Waals surface area contributed by atoms with E-state index >= 15 is 0 Å². The highest BCUT2D eigenvalue weighted by atomic mass is 32.2. The summed E-state index contributed by atoms with van der Waals surface area (Å²) < 4.78 is 0.